The van der Waals surface area contributed by atoms with Gasteiger partial charge in [-0.1, -0.05) is 315 Å². The van der Waals surface area contributed by atoms with E-state index in [1.54, 1.807) is 0 Å². The number of aliphatic hydroxyl groups is 5. The van der Waals surface area contributed by atoms with Gasteiger partial charge in [0.25, 0.3) is 0 Å². The number of amides is 1. The molecule has 6 N–H and O–H groups in total. The third kappa shape index (κ3) is 45.4. The fourth-order valence-electron chi connectivity index (χ4n) is 11.1. The Balaban J connectivity index is 2.00. The highest BCUT2D eigenvalue weighted by molar-refractivity contribution is 5.76. The monoisotopic (exact) mass is 1060 g/mol. The summed E-state index contributed by atoms with van der Waals surface area (Å²) in [6.07, 6.45) is 64.4. The number of rotatable bonds is 59. The van der Waals surface area contributed by atoms with E-state index in [0.29, 0.717) is 12.8 Å². The predicted molar refractivity (Wildman–Crippen MR) is 318 cm³/mol. The van der Waals surface area contributed by atoms with Crippen LogP contribution in [0.4, 0.5) is 0 Å². The molecule has 446 valence electrons. The molecular weight excluding hydrogens is 935 g/mol. The molecule has 1 saturated heterocycles. The zero-order valence-corrected chi connectivity index (χ0v) is 49.8. The van der Waals surface area contributed by atoms with E-state index in [-0.39, 0.29) is 12.5 Å². The Morgan fingerprint density at radius 1 is 0.440 bits per heavy atom. The van der Waals surface area contributed by atoms with Gasteiger partial charge in [-0.05, 0) is 38.5 Å². The van der Waals surface area contributed by atoms with Crippen LogP contribution in [-0.4, -0.2) is 87.5 Å². The Bertz CT molecular complexity index is 1190. The van der Waals surface area contributed by atoms with Gasteiger partial charge in [-0.25, -0.2) is 0 Å². The predicted octanol–water partition coefficient (Wildman–Crippen LogP) is 17.5. The Hall–Kier alpha value is -1.07. The van der Waals surface area contributed by atoms with Gasteiger partial charge in [0.2, 0.25) is 5.91 Å². The van der Waals surface area contributed by atoms with Crippen LogP contribution in [-0.2, 0) is 14.3 Å². The Kier molecular flexibility index (Phi) is 53.9. The summed E-state index contributed by atoms with van der Waals surface area (Å²) in [5.74, 6) is -0.138. The van der Waals surface area contributed by atoms with Crippen molar-refractivity contribution >= 4 is 5.91 Å². The number of hydrogen-bond acceptors (Lipinski definition) is 8. The molecule has 9 nitrogen and oxygen atoms in total. The van der Waals surface area contributed by atoms with E-state index in [2.05, 4.69) is 31.3 Å². The zero-order chi connectivity index (χ0) is 54.3. The molecule has 1 aliphatic rings. The molecule has 0 aromatic carbocycles. The number of unbranched alkanes of at least 4 members (excludes halogenated alkanes) is 47. The molecule has 0 spiro atoms. The largest absolute Gasteiger partial charge is 0.394 e. The van der Waals surface area contributed by atoms with Gasteiger partial charge in [-0.15, -0.1) is 0 Å². The lowest BCUT2D eigenvalue weighted by atomic mass is 9.99. The summed E-state index contributed by atoms with van der Waals surface area (Å²) in [5, 5.41) is 54.7. The van der Waals surface area contributed by atoms with Crippen molar-refractivity contribution in [1.82, 2.24) is 5.32 Å². The summed E-state index contributed by atoms with van der Waals surface area (Å²) in [6.45, 7) is 3.88. The Morgan fingerprint density at radius 3 is 1.08 bits per heavy atom. The van der Waals surface area contributed by atoms with Crippen molar-refractivity contribution in [3.05, 3.63) is 12.2 Å². The molecule has 0 bridgehead atoms. The normalized spacial score (nSPS) is 18.8. The van der Waals surface area contributed by atoms with E-state index in [9.17, 15) is 30.3 Å². The summed E-state index contributed by atoms with van der Waals surface area (Å²) in [5.41, 5.74) is 0. The number of allylic oxidation sites excluding steroid dienone is 2. The maximum atomic E-state index is 13.1. The molecule has 0 aromatic heterocycles. The lowest BCUT2D eigenvalue weighted by Gasteiger charge is -2.40. The lowest BCUT2D eigenvalue weighted by molar-refractivity contribution is -0.302. The minimum Gasteiger partial charge on any atom is -0.394 e. The minimum atomic E-state index is -1.55. The molecule has 1 amide bonds. The molecule has 1 aliphatic heterocycles. The fraction of sp³-hybridized carbons (Fsp3) is 0.955. The zero-order valence-electron chi connectivity index (χ0n) is 49.8. The smallest absolute Gasteiger partial charge is 0.220 e. The topological polar surface area (TPSA) is 149 Å². The van der Waals surface area contributed by atoms with Crippen LogP contribution in [0.5, 0.6) is 0 Å². The molecule has 1 rings (SSSR count). The highest BCUT2D eigenvalue weighted by Gasteiger charge is 2.44. The first kappa shape index (κ1) is 71.9. The van der Waals surface area contributed by atoms with Crippen molar-refractivity contribution in [1.29, 1.82) is 0 Å². The first-order valence-corrected chi connectivity index (χ1v) is 33.4. The molecule has 9 heteroatoms. The summed E-state index contributed by atoms with van der Waals surface area (Å²) in [7, 11) is 0. The second kappa shape index (κ2) is 56.2. The fourth-order valence-corrected chi connectivity index (χ4v) is 11.1. The van der Waals surface area contributed by atoms with E-state index < -0.39 is 49.5 Å². The highest BCUT2D eigenvalue weighted by atomic mass is 16.7. The van der Waals surface area contributed by atoms with E-state index in [0.717, 1.165) is 38.5 Å². The number of carbonyl (C=O) groups excluding carboxylic acids is 1. The molecule has 75 heavy (non-hydrogen) atoms. The number of nitrogens with one attached hydrogen (secondary N) is 1. The van der Waals surface area contributed by atoms with Crippen molar-refractivity contribution in [2.24, 2.45) is 0 Å². The quantitative estimate of drug-likeness (QED) is 0.0261. The molecule has 0 saturated carbocycles. The summed E-state index contributed by atoms with van der Waals surface area (Å²) < 4.78 is 11.3. The summed E-state index contributed by atoms with van der Waals surface area (Å²) in [4.78, 5) is 13.1. The second-order valence-electron chi connectivity index (χ2n) is 23.6. The molecule has 1 fully saturated rings. The number of hydrogen-bond donors (Lipinski definition) is 6. The molecule has 7 atom stereocenters. The number of aliphatic hydroxyl groups excluding tert-OH is 5. The maximum absolute atomic E-state index is 13.1. The van der Waals surface area contributed by atoms with Gasteiger partial charge in [0, 0.05) is 6.42 Å². The number of carbonyl (C=O) groups is 1. The van der Waals surface area contributed by atoms with Crippen LogP contribution in [0, 0.1) is 0 Å². The van der Waals surface area contributed by atoms with Gasteiger partial charge < -0.3 is 40.3 Å². The maximum Gasteiger partial charge on any atom is 0.220 e. The first-order chi connectivity index (χ1) is 36.8. The molecular formula is C66H129NO8. The van der Waals surface area contributed by atoms with Gasteiger partial charge in [0.1, 0.15) is 24.4 Å². The van der Waals surface area contributed by atoms with Gasteiger partial charge in [-0.3, -0.25) is 4.79 Å². The SMILES string of the molecule is CCCCCCCCCCCCCCCCCCCC/C=C\CCCCCCCCCCCCCCCCCCCC(=O)NC(COC1OC(CO)C(O)C(O)C1O)C(O)CCCCCCCCCCCCCCC. The molecule has 7 unspecified atom stereocenters. The van der Waals surface area contributed by atoms with Gasteiger partial charge in [-0.2, -0.15) is 0 Å². The van der Waals surface area contributed by atoms with Crippen molar-refractivity contribution in [3.8, 4) is 0 Å². The van der Waals surface area contributed by atoms with Crippen molar-refractivity contribution in [2.45, 2.75) is 391 Å². The van der Waals surface area contributed by atoms with E-state index >= 15 is 0 Å². The van der Waals surface area contributed by atoms with Gasteiger partial charge >= 0.3 is 0 Å². The van der Waals surface area contributed by atoms with Crippen LogP contribution in [0.2, 0.25) is 0 Å². The third-order valence-corrected chi connectivity index (χ3v) is 16.4. The summed E-state index contributed by atoms with van der Waals surface area (Å²) >= 11 is 0. The second-order valence-corrected chi connectivity index (χ2v) is 23.6. The van der Waals surface area contributed by atoms with E-state index in [4.69, 9.17) is 9.47 Å². The lowest BCUT2D eigenvalue weighted by Crippen LogP contribution is -2.60. The van der Waals surface area contributed by atoms with E-state index in [1.807, 2.05) is 0 Å². The highest BCUT2D eigenvalue weighted by Crippen LogP contribution is 2.24. The minimum absolute atomic E-state index is 0.133. The molecule has 0 aromatic rings. The Labute approximate surface area is 465 Å². The average molecular weight is 1060 g/mol. The van der Waals surface area contributed by atoms with Crippen LogP contribution >= 0.6 is 0 Å². The van der Waals surface area contributed by atoms with E-state index in [1.165, 1.54) is 283 Å². The third-order valence-electron chi connectivity index (χ3n) is 16.4. The van der Waals surface area contributed by atoms with Gasteiger partial charge in [0.05, 0.1) is 25.4 Å². The number of ether oxygens (including phenoxy) is 2. The van der Waals surface area contributed by atoms with Crippen LogP contribution in [0.3, 0.4) is 0 Å². The molecule has 0 radical (unpaired) electrons. The van der Waals surface area contributed by atoms with Crippen molar-refractivity contribution in [2.75, 3.05) is 13.2 Å². The average Bonchev–Trinajstić information content (AvgIpc) is 3.41. The van der Waals surface area contributed by atoms with Crippen LogP contribution in [0.1, 0.15) is 348 Å². The first-order valence-electron chi connectivity index (χ1n) is 33.4. The summed E-state index contributed by atoms with van der Waals surface area (Å²) in [6, 6.07) is -0.715. The standard InChI is InChI=1S/C66H129NO8/c1-3-5-7-9-11-13-15-17-18-19-20-21-22-23-24-25-26-27-28-29-30-31-32-33-34-35-36-37-38-39-40-41-42-44-46-48-50-52-54-56-62(70)67-59(58-74-66-65(73)64(72)63(71)61(57-68)75-66)60(69)55-53-51-49-47-45-43-16-14-12-10-8-6-4-2/h29-30,59-61,63-66,68-69,71-73H,3-28,31-58H2,1-2H3,(H,67,70)/b30-29-. The van der Waals surface area contributed by atoms with Crippen LogP contribution < -0.4 is 5.32 Å². The van der Waals surface area contributed by atoms with Crippen molar-refractivity contribution < 1.29 is 39.8 Å². The van der Waals surface area contributed by atoms with Crippen molar-refractivity contribution in [3.63, 3.8) is 0 Å². The van der Waals surface area contributed by atoms with Gasteiger partial charge in [0.15, 0.2) is 6.29 Å². The van der Waals surface area contributed by atoms with Crippen LogP contribution in [0.15, 0.2) is 12.2 Å². The van der Waals surface area contributed by atoms with Crippen LogP contribution in [0.25, 0.3) is 0 Å². The molecule has 1 heterocycles. The molecule has 0 aliphatic carbocycles. The Morgan fingerprint density at radius 2 is 0.747 bits per heavy atom.